The molecule has 0 aliphatic rings. The van der Waals surface area contributed by atoms with Crippen LogP contribution in [0.2, 0.25) is 0 Å². The molecule has 106 valence electrons. The summed E-state index contributed by atoms with van der Waals surface area (Å²) in [7, 11) is 0. The quantitative estimate of drug-likeness (QED) is 0.876. The van der Waals surface area contributed by atoms with Crippen LogP contribution in [-0.2, 0) is 13.0 Å². The molecule has 1 aromatic heterocycles. The maximum absolute atomic E-state index is 5.95. The van der Waals surface area contributed by atoms with Crippen LogP contribution in [0.1, 0.15) is 30.0 Å². The van der Waals surface area contributed by atoms with Gasteiger partial charge in [-0.2, -0.15) is 0 Å². The van der Waals surface area contributed by atoms with Crippen molar-refractivity contribution in [2.45, 2.75) is 39.3 Å². The van der Waals surface area contributed by atoms with Gasteiger partial charge >= 0.3 is 0 Å². The fourth-order valence-electron chi connectivity index (χ4n) is 2.03. The van der Waals surface area contributed by atoms with Crippen molar-refractivity contribution < 1.29 is 4.74 Å². The standard InChI is InChI=1S/C17H22N2O/c1-3-16(18)9-14-4-6-17(7-5-14)20-12-15-8-13(2)10-19-11-15/h4-8,10-11,16H,3,9,12,18H2,1-2H3. The predicted octanol–water partition coefficient (Wildman–Crippen LogP) is 3.25. The zero-order chi connectivity index (χ0) is 14.4. The number of nitrogens with two attached hydrogens (primary N) is 1. The van der Waals surface area contributed by atoms with E-state index in [1.54, 1.807) is 0 Å². The van der Waals surface area contributed by atoms with Crippen molar-refractivity contribution in [3.05, 3.63) is 59.4 Å². The molecule has 3 nitrogen and oxygen atoms in total. The monoisotopic (exact) mass is 270 g/mol. The highest BCUT2D eigenvalue weighted by atomic mass is 16.5. The fraction of sp³-hybridized carbons (Fsp3) is 0.353. The maximum Gasteiger partial charge on any atom is 0.119 e. The van der Waals surface area contributed by atoms with Gasteiger partial charge < -0.3 is 10.5 Å². The van der Waals surface area contributed by atoms with E-state index in [4.69, 9.17) is 10.5 Å². The first-order valence-corrected chi connectivity index (χ1v) is 7.05. The lowest BCUT2D eigenvalue weighted by atomic mass is 10.0. The Labute approximate surface area is 120 Å². The lowest BCUT2D eigenvalue weighted by Crippen LogP contribution is -2.21. The van der Waals surface area contributed by atoms with E-state index in [0.717, 1.165) is 29.7 Å². The molecule has 0 saturated heterocycles. The second kappa shape index (κ2) is 7.06. The average Bonchev–Trinajstić information content (AvgIpc) is 2.46. The Morgan fingerprint density at radius 3 is 2.55 bits per heavy atom. The molecule has 2 rings (SSSR count). The SMILES string of the molecule is CCC(N)Cc1ccc(OCc2cncc(C)c2)cc1. The van der Waals surface area contributed by atoms with Gasteiger partial charge in [-0.1, -0.05) is 19.1 Å². The minimum absolute atomic E-state index is 0.236. The minimum atomic E-state index is 0.236. The molecule has 1 heterocycles. The van der Waals surface area contributed by atoms with Crippen LogP contribution in [0.3, 0.4) is 0 Å². The van der Waals surface area contributed by atoms with Gasteiger partial charge in [0, 0.05) is 24.0 Å². The van der Waals surface area contributed by atoms with Gasteiger partial charge in [0.15, 0.2) is 0 Å². The van der Waals surface area contributed by atoms with Crippen molar-refractivity contribution in [3.8, 4) is 5.75 Å². The number of aromatic nitrogens is 1. The summed E-state index contributed by atoms with van der Waals surface area (Å²) in [5.41, 5.74) is 9.44. The number of aryl methyl sites for hydroxylation is 1. The van der Waals surface area contributed by atoms with Gasteiger partial charge in [0.05, 0.1) is 0 Å². The van der Waals surface area contributed by atoms with E-state index in [0.29, 0.717) is 6.61 Å². The Balaban J connectivity index is 1.90. The first kappa shape index (κ1) is 14.5. The summed E-state index contributed by atoms with van der Waals surface area (Å²) in [5.74, 6) is 0.875. The molecule has 2 aromatic rings. The van der Waals surface area contributed by atoms with Crippen LogP contribution in [0.5, 0.6) is 5.75 Å². The van der Waals surface area contributed by atoms with Crippen molar-refractivity contribution in [1.82, 2.24) is 4.98 Å². The molecule has 1 unspecified atom stereocenters. The smallest absolute Gasteiger partial charge is 0.119 e. The Morgan fingerprint density at radius 2 is 1.90 bits per heavy atom. The zero-order valence-electron chi connectivity index (χ0n) is 12.2. The highest BCUT2D eigenvalue weighted by Crippen LogP contribution is 2.15. The topological polar surface area (TPSA) is 48.1 Å². The molecule has 0 radical (unpaired) electrons. The number of hydrogen-bond acceptors (Lipinski definition) is 3. The number of hydrogen-bond donors (Lipinski definition) is 1. The van der Waals surface area contributed by atoms with Crippen LogP contribution in [-0.4, -0.2) is 11.0 Å². The molecule has 0 saturated carbocycles. The molecule has 0 aliphatic carbocycles. The van der Waals surface area contributed by atoms with Crippen molar-refractivity contribution in [1.29, 1.82) is 0 Å². The van der Waals surface area contributed by atoms with Crippen molar-refractivity contribution >= 4 is 0 Å². The number of benzene rings is 1. The molecule has 1 aromatic carbocycles. The van der Waals surface area contributed by atoms with Crippen LogP contribution >= 0.6 is 0 Å². The van der Waals surface area contributed by atoms with Crippen LogP contribution in [0, 0.1) is 6.92 Å². The van der Waals surface area contributed by atoms with E-state index in [2.05, 4.69) is 30.1 Å². The molecule has 20 heavy (non-hydrogen) atoms. The molecule has 0 aliphatic heterocycles. The maximum atomic E-state index is 5.95. The van der Waals surface area contributed by atoms with Crippen molar-refractivity contribution in [2.75, 3.05) is 0 Å². The van der Waals surface area contributed by atoms with Crippen LogP contribution < -0.4 is 10.5 Å². The Bertz CT molecular complexity index is 537. The number of nitrogens with zero attached hydrogens (tertiary/aromatic N) is 1. The molecular formula is C17H22N2O. The highest BCUT2D eigenvalue weighted by Gasteiger charge is 2.02. The largest absolute Gasteiger partial charge is 0.489 e. The predicted molar refractivity (Wildman–Crippen MR) is 81.7 cm³/mol. The van der Waals surface area contributed by atoms with E-state index in [9.17, 15) is 0 Å². The van der Waals surface area contributed by atoms with E-state index >= 15 is 0 Å². The summed E-state index contributed by atoms with van der Waals surface area (Å²) < 4.78 is 5.76. The van der Waals surface area contributed by atoms with Crippen LogP contribution in [0.25, 0.3) is 0 Å². The van der Waals surface area contributed by atoms with E-state index in [-0.39, 0.29) is 6.04 Å². The van der Waals surface area contributed by atoms with Crippen molar-refractivity contribution in [2.24, 2.45) is 5.73 Å². The Hall–Kier alpha value is -1.87. The summed E-state index contributed by atoms with van der Waals surface area (Å²) in [5, 5.41) is 0. The Kier molecular flexibility index (Phi) is 5.13. The summed E-state index contributed by atoms with van der Waals surface area (Å²) in [4.78, 5) is 4.16. The van der Waals surface area contributed by atoms with Crippen LogP contribution in [0.4, 0.5) is 0 Å². The van der Waals surface area contributed by atoms with Gasteiger partial charge in [0.2, 0.25) is 0 Å². The third-order valence-electron chi connectivity index (χ3n) is 3.28. The molecule has 0 spiro atoms. The number of rotatable bonds is 6. The van der Waals surface area contributed by atoms with Crippen LogP contribution in [0.15, 0.2) is 42.7 Å². The summed E-state index contributed by atoms with van der Waals surface area (Å²) >= 11 is 0. The molecule has 1 atom stereocenters. The van der Waals surface area contributed by atoms with Gasteiger partial charge in [-0.15, -0.1) is 0 Å². The van der Waals surface area contributed by atoms with E-state index in [1.807, 2.05) is 31.5 Å². The summed E-state index contributed by atoms with van der Waals surface area (Å²) in [6, 6.07) is 10.5. The molecule has 0 amide bonds. The second-order valence-corrected chi connectivity index (χ2v) is 5.18. The lowest BCUT2D eigenvalue weighted by Gasteiger charge is -2.10. The first-order valence-electron chi connectivity index (χ1n) is 7.05. The van der Waals surface area contributed by atoms with Crippen molar-refractivity contribution in [3.63, 3.8) is 0 Å². The highest BCUT2D eigenvalue weighted by molar-refractivity contribution is 5.28. The zero-order valence-corrected chi connectivity index (χ0v) is 12.2. The second-order valence-electron chi connectivity index (χ2n) is 5.18. The minimum Gasteiger partial charge on any atom is -0.489 e. The normalized spacial score (nSPS) is 12.2. The molecule has 2 N–H and O–H groups in total. The van der Waals surface area contributed by atoms with Gasteiger partial charge in [-0.25, -0.2) is 0 Å². The molecular weight excluding hydrogens is 248 g/mol. The fourth-order valence-corrected chi connectivity index (χ4v) is 2.03. The van der Waals surface area contributed by atoms with Gasteiger partial charge in [0.25, 0.3) is 0 Å². The van der Waals surface area contributed by atoms with Gasteiger partial charge in [-0.3, -0.25) is 4.98 Å². The van der Waals surface area contributed by atoms with Gasteiger partial charge in [0.1, 0.15) is 12.4 Å². The number of ether oxygens (including phenoxy) is 1. The third-order valence-corrected chi connectivity index (χ3v) is 3.28. The first-order chi connectivity index (χ1) is 9.67. The Morgan fingerprint density at radius 1 is 1.15 bits per heavy atom. The number of pyridine rings is 1. The van der Waals surface area contributed by atoms with E-state index in [1.165, 1.54) is 5.56 Å². The van der Waals surface area contributed by atoms with Gasteiger partial charge in [-0.05, 0) is 49.1 Å². The summed E-state index contributed by atoms with van der Waals surface area (Å²) in [6.45, 7) is 4.68. The molecule has 3 heteroatoms. The average molecular weight is 270 g/mol. The lowest BCUT2D eigenvalue weighted by molar-refractivity contribution is 0.305. The van der Waals surface area contributed by atoms with E-state index < -0.39 is 0 Å². The third kappa shape index (κ3) is 4.35. The molecule has 0 bridgehead atoms. The summed E-state index contributed by atoms with van der Waals surface area (Å²) in [6.07, 6.45) is 5.59. The molecule has 0 fully saturated rings.